The lowest BCUT2D eigenvalue weighted by Crippen LogP contribution is -2.39. The van der Waals surface area contributed by atoms with Gasteiger partial charge in [-0.25, -0.2) is 18.4 Å². The monoisotopic (exact) mass is 330 g/mol. The summed E-state index contributed by atoms with van der Waals surface area (Å²) >= 11 is 0. The molecule has 1 aromatic carbocycles. The number of aryl methyl sites for hydroxylation is 1. The highest BCUT2D eigenvalue weighted by atomic mass is 32.2. The molecule has 1 aliphatic carbocycles. The average molecular weight is 330 g/mol. The Balaban J connectivity index is 1.80. The molecule has 0 saturated heterocycles. The minimum Gasteiger partial charge on any atom is -0.365 e. The third-order valence-corrected chi connectivity index (χ3v) is 5.62. The summed E-state index contributed by atoms with van der Waals surface area (Å²) in [6.07, 6.45) is 6.38. The highest BCUT2D eigenvalue weighted by Gasteiger charge is 2.41. The molecule has 23 heavy (non-hydrogen) atoms. The van der Waals surface area contributed by atoms with Gasteiger partial charge in [0.2, 0.25) is 15.0 Å². The van der Waals surface area contributed by atoms with Gasteiger partial charge in [-0.2, -0.15) is 0 Å². The van der Waals surface area contributed by atoms with Crippen LogP contribution in [0, 0.1) is 0 Å². The van der Waals surface area contributed by atoms with Crippen LogP contribution in [0.15, 0.2) is 35.6 Å². The normalized spacial score (nSPS) is 23.3. The van der Waals surface area contributed by atoms with Crippen LogP contribution in [0.4, 0.5) is 0 Å². The third kappa shape index (κ3) is 2.46. The number of rotatable bonds is 1. The van der Waals surface area contributed by atoms with E-state index in [0.717, 1.165) is 36.8 Å². The summed E-state index contributed by atoms with van der Waals surface area (Å²) in [7, 11) is -3.40. The van der Waals surface area contributed by atoms with Gasteiger partial charge < -0.3 is 4.74 Å². The molecule has 1 aliphatic heterocycles. The zero-order valence-electron chi connectivity index (χ0n) is 12.9. The summed E-state index contributed by atoms with van der Waals surface area (Å²) < 4.78 is 29.7. The minimum absolute atomic E-state index is 0.0996. The van der Waals surface area contributed by atoms with E-state index in [1.54, 1.807) is 6.20 Å². The lowest BCUT2D eigenvalue weighted by molar-refractivity contribution is -0.0858. The van der Waals surface area contributed by atoms with Crippen molar-refractivity contribution in [1.29, 1.82) is 0 Å². The fourth-order valence-corrected chi connectivity index (χ4v) is 4.15. The number of fused-ring (bicyclic) bond motifs is 3. The Labute approximate surface area is 135 Å². The molecule has 4 rings (SSSR count). The molecule has 0 fully saturated rings. The van der Waals surface area contributed by atoms with Crippen molar-refractivity contribution in [1.82, 2.24) is 9.97 Å². The number of ether oxygens (including phenoxy) is 1. The van der Waals surface area contributed by atoms with E-state index in [1.807, 2.05) is 6.07 Å². The van der Waals surface area contributed by atoms with Crippen LogP contribution in [-0.4, -0.2) is 24.6 Å². The van der Waals surface area contributed by atoms with Gasteiger partial charge in [0.25, 0.3) is 0 Å². The standard InChI is InChI=1S/C17H18N2O3S/c1-23(20,21)16-18-10-13-11-22-17(9-15(13)19-16)8-4-6-12-5-2-3-7-14(12)17/h2-3,5,7,10H,4,6,8-9,11H2,1H3. The number of hydrogen-bond acceptors (Lipinski definition) is 5. The number of hydrogen-bond donors (Lipinski definition) is 0. The molecule has 0 bridgehead atoms. The first kappa shape index (κ1) is 14.8. The van der Waals surface area contributed by atoms with Crippen LogP contribution in [0.25, 0.3) is 0 Å². The van der Waals surface area contributed by atoms with Gasteiger partial charge in [-0.05, 0) is 30.4 Å². The van der Waals surface area contributed by atoms with Gasteiger partial charge in [-0.1, -0.05) is 24.3 Å². The van der Waals surface area contributed by atoms with Crippen molar-refractivity contribution in [3.05, 3.63) is 52.8 Å². The largest absolute Gasteiger partial charge is 0.365 e. The summed E-state index contributed by atoms with van der Waals surface area (Å²) in [5.74, 6) is 0. The van der Waals surface area contributed by atoms with Gasteiger partial charge in [0.05, 0.1) is 17.9 Å². The second-order valence-corrected chi connectivity index (χ2v) is 8.28. The predicted octanol–water partition coefficient (Wildman–Crippen LogP) is 2.18. The van der Waals surface area contributed by atoms with Gasteiger partial charge in [0.1, 0.15) is 0 Å². The maximum atomic E-state index is 11.7. The van der Waals surface area contributed by atoms with Gasteiger partial charge in [-0.3, -0.25) is 0 Å². The fraction of sp³-hybridized carbons (Fsp3) is 0.412. The SMILES string of the molecule is CS(=O)(=O)c1ncc2c(n1)CC1(CCCc3ccccc31)OC2. The molecule has 0 radical (unpaired) electrons. The Morgan fingerprint density at radius 1 is 1.22 bits per heavy atom. The van der Waals surface area contributed by atoms with Crippen LogP contribution in [0.5, 0.6) is 0 Å². The summed E-state index contributed by atoms with van der Waals surface area (Å²) in [6.45, 7) is 0.424. The topological polar surface area (TPSA) is 69.2 Å². The van der Waals surface area contributed by atoms with E-state index in [2.05, 4.69) is 28.2 Å². The number of sulfone groups is 1. The highest BCUT2D eigenvalue weighted by molar-refractivity contribution is 7.90. The Morgan fingerprint density at radius 3 is 2.87 bits per heavy atom. The second-order valence-electron chi connectivity index (χ2n) is 6.37. The molecule has 1 atom stereocenters. The first-order chi connectivity index (χ1) is 11.0. The molecule has 2 aliphatic rings. The van der Waals surface area contributed by atoms with Crippen LogP contribution in [0.2, 0.25) is 0 Å². The molecule has 6 heteroatoms. The highest BCUT2D eigenvalue weighted by Crippen LogP contribution is 2.44. The number of benzene rings is 1. The first-order valence-corrected chi connectivity index (χ1v) is 9.64. The third-order valence-electron chi connectivity index (χ3n) is 4.76. The molecule has 2 aromatic rings. The van der Waals surface area contributed by atoms with Crippen molar-refractivity contribution in [3.63, 3.8) is 0 Å². The van der Waals surface area contributed by atoms with E-state index in [-0.39, 0.29) is 10.8 Å². The number of aromatic nitrogens is 2. The van der Waals surface area contributed by atoms with E-state index in [9.17, 15) is 8.42 Å². The van der Waals surface area contributed by atoms with E-state index in [1.165, 1.54) is 11.1 Å². The fourth-order valence-electron chi connectivity index (χ4n) is 3.63. The zero-order valence-corrected chi connectivity index (χ0v) is 13.8. The Morgan fingerprint density at radius 2 is 2.04 bits per heavy atom. The molecule has 2 heterocycles. The van der Waals surface area contributed by atoms with Crippen LogP contribution in [0.1, 0.15) is 35.2 Å². The maximum Gasteiger partial charge on any atom is 0.247 e. The summed E-state index contributed by atoms with van der Waals surface area (Å²) in [5, 5.41) is -0.0996. The molecule has 120 valence electrons. The molecular weight excluding hydrogens is 312 g/mol. The second kappa shape index (κ2) is 5.11. The van der Waals surface area contributed by atoms with Gasteiger partial charge in [-0.15, -0.1) is 0 Å². The molecule has 0 N–H and O–H groups in total. The van der Waals surface area contributed by atoms with E-state index < -0.39 is 9.84 Å². The van der Waals surface area contributed by atoms with E-state index >= 15 is 0 Å². The Bertz CT molecular complexity index is 879. The van der Waals surface area contributed by atoms with Crippen LogP contribution in [0.3, 0.4) is 0 Å². The van der Waals surface area contributed by atoms with E-state index in [4.69, 9.17) is 4.74 Å². The summed E-state index contributed by atoms with van der Waals surface area (Å²) in [4.78, 5) is 8.29. The summed E-state index contributed by atoms with van der Waals surface area (Å²) in [5.41, 5.74) is 3.83. The van der Waals surface area contributed by atoms with Crippen molar-refractivity contribution in [2.75, 3.05) is 6.26 Å². The molecular formula is C17H18N2O3S. The van der Waals surface area contributed by atoms with E-state index in [0.29, 0.717) is 13.0 Å². The van der Waals surface area contributed by atoms with Crippen molar-refractivity contribution in [3.8, 4) is 0 Å². The summed E-state index contributed by atoms with van der Waals surface area (Å²) in [6, 6.07) is 8.36. The quantitative estimate of drug-likeness (QED) is 0.750. The Hall–Kier alpha value is -1.79. The van der Waals surface area contributed by atoms with Gasteiger partial charge in [0.15, 0.2) is 0 Å². The maximum absolute atomic E-state index is 11.7. The van der Waals surface area contributed by atoms with Crippen LogP contribution >= 0.6 is 0 Å². The predicted molar refractivity (Wildman–Crippen MR) is 84.7 cm³/mol. The van der Waals surface area contributed by atoms with Crippen molar-refractivity contribution >= 4 is 9.84 Å². The molecule has 1 aromatic heterocycles. The molecule has 1 spiro atoms. The molecule has 0 saturated carbocycles. The first-order valence-electron chi connectivity index (χ1n) is 7.75. The number of nitrogens with zero attached hydrogens (tertiary/aromatic N) is 2. The average Bonchev–Trinajstić information content (AvgIpc) is 2.54. The van der Waals surface area contributed by atoms with Crippen LogP contribution < -0.4 is 0 Å². The van der Waals surface area contributed by atoms with Crippen LogP contribution in [-0.2, 0) is 39.6 Å². The Kier molecular flexibility index (Phi) is 3.28. The zero-order chi connectivity index (χ0) is 16.1. The van der Waals surface area contributed by atoms with Crippen molar-refractivity contribution in [2.45, 2.75) is 43.0 Å². The lowest BCUT2D eigenvalue weighted by atomic mass is 9.75. The molecule has 5 nitrogen and oxygen atoms in total. The molecule has 1 unspecified atom stereocenters. The lowest BCUT2D eigenvalue weighted by Gasteiger charge is -2.42. The van der Waals surface area contributed by atoms with Crippen molar-refractivity contribution < 1.29 is 13.2 Å². The minimum atomic E-state index is -3.40. The molecule has 0 amide bonds. The van der Waals surface area contributed by atoms with Gasteiger partial charge in [0, 0.05) is 24.4 Å². The smallest absolute Gasteiger partial charge is 0.247 e. The van der Waals surface area contributed by atoms with Crippen molar-refractivity contribution in [2.24, 2.45) is 0 Å². The van der Waals surface area contributed by atoms with Gasteiger partial charge >= 0.3 is 0 Å².